The molecule has 0 aliphatic heterocycles. The summed E-state index contributed by atoms with van der Waals surface area (Å²) in [6.45, 7) is 0. The van der Waals surface area contributed by atoms with Gasteiger partial charge in [0.1, 0.15) is 0 Å². The molecule has 0 spiro atoms. The van der Waals surface area contributed by atoms with E-state index in [1.54, 1.807) is 25.4 Å². The second-order valence-electron chi connectivity index (χ2n) is 1.82. The van der Waals surface area contributed by atoms with Gasteiger partial charge in [-0.15, -0.1) is 0 Å². The first-order chi connectivity index (χ1) is 4.84. The number of hydrogen-bond donors (Lipinski definition) is 1. The molecule has 1 rings (SSSR count). The number of amides is 1. The van der Waals surface area contributed by atoms with Gasteiger partial charge in [0, 0.05) is 19.4 Å². The van der Waals surface area contributed by atoms with Crippen LogP contribution < -0.4 is 17.7 Å². The third kappa shape index (κ3) is 2.55. The molecule has 11 heavy (non-hydrogen) atoms. The molecule has 0 saturated heterocycles. The van der Waals surface area contributed by atoms with Gasteiger partial charge >= 0.3 is 0 Å². The van der Waals surface area contributed by atoms with Crippen LogP contribution in [0.2, 0.25) is 0 Å². The summed E-state index contributed by atoms with van der Waals surface area (Å²) in [5.74, 6) is -0.104. The van der Waals surface area contributed by atoms with Crippen molar-refractivity contribution in [1.82, 2.24) is 10.3 Å². The molecule has 0 saturated carbocycles. The highest BCUT2D eigenvalue weighted by Crippen LogP contribution is 1.93. The second-order valence-corrected chi connectivity index (χ2v) is 1.82. The van der Waals surface area contributed by atoms with Crippen LogP contribution in [-0.4, -0.2) is 17.9 Å². The van der Waals surface area contributed by atoms with Crippen LogP contribution in [0.25, 0.3) is 0 Å². The Balaban J connectivity index is 0.000001000. The molecule has 1 aromatic rings. The third-order valence-corrected chi connectivity index (χ3v) is 1.15. The van der Waals surface area contributed by atoms with Gasteiger partial charge in [-0.25, -0.2) is 0 Å². The van der Waals surface area contributed by atoms with Gasteiger partial charge in [-0.3, -0.25) is 9.78 Å². The van der Waals surface area contributed by atoms with E-state index < -0.39 is 0 Å². The van der Waals surface area contributed by atoms with E-state index in [2.05, 4.69) is 10.3 Å². The quantitative estimate of drug-likeness (QED) is 0.506. The van der Waals surface area contributed by atoms with E-state index in [1.165, 1.54) is 6.20 Å². The van der Waals surface area contributed by atoms with Gasteiger partial charge in [-0.1, -0.05) is 0 Å². The zero-order chi connectivity index (χ0) is 7.40. The lowest BCUT2D eigenvalue weighted by molar-refractivity contribution is -0.0000103. The predicted molar refractivity (Wildman–Crippen MR) is 37.6 cm³/mol. The van der Waals surface area contributed by atoms with Crippen LogP contribution in [0.4, 0.5) is 0 Å². The summed E-state index contributed by atoms with van der Waals surface area (Å²) < 4.78 is 0. The Kier molecular flexibility index (Phi) is 4.22. The van der Waals surface area contributed by atoms with Crippen molar-refractivity contribution < 1.29 is 17.2 Å². The molecule has 1 aromatic heterocycles. The minimum Gasteiger partial charge on any atom is -1.00 e. The number of nitrogens with zero attached hydrogens (tertiary/aromatic N) is 1. The van der Waals surface area contributed by atoms with Crippen molar-refractivity contribution in [3.05, 3.63) is 30.1 Å². The molecule has 0 aliphatic rings. The van der Waals surface area contributed by atoms with Gasteiger partial charge in [-0.2, -0.15) is 0 Å². The molecule has 0 fully saturated rings. The average molecular weight is 172 g/mol. The largest absolute Gasteiger partial charge is 1.00 e. The number of halogens is 1. The van der Waals surface area contributed by atoms with Crippen LogP contribution >= 0.6 is 0 Å². The van der Waals surface area contributed by atoms with Gasteiger partial charge in [0.05, 0.1) is 5.56 Å². The summed E-state index contributed by atoms with van der Waals surface area (Å²) in [4.78, 5) is 14.7. The van der Waals surface area contributed by atoms with Crippen LogP contribution in [0.3, 0.4) is 0 Å². The van der Waals surface area contributed by atoms with E-state index in [0.717, 1.165) is 0 Å². The first kappa shape index (κ1) is 9.91. The minimum absolute atomic E-state index is 0. The summed E-state index contributed by atoms with van der Waals surface area (Å²) in [6, 6.07) is 3.44. The fourth-order valence-corrected chi connectivity index (χ4v) is 0.641. The van der Waals surface area contributed by atoms with Crippen molar-refractivity contribution in [2.75, 3.05) is 7.05 Å². The smallest absolute Gasteiger partial charge is 0.252 e. The van der Waals surface area contributed by atoms with Gasteiger partial charge < -0.3 is 17.7 Å². The number of carbonyl (C=O) groups is 1. The molecule has 0 aliphatic carbocycles. The number of aromatic nitrogens is 1. The molecule has 0 aromatic carbocycles. The zero-order valence-corrected chi connectivity index (χ0v) is 6.80. The fourth-order valence-electron chi connectivity index (χ4n) is 0.641. The SMILES string of the molecule is CNC(=O)c1cccnc1.[Cl-]. The molecule has 0 atom stereocenters. The third-order valence-electron chi connectivity index (χ3n) is 1.15. The molecule has 0 unspecified atom stereocenters. The molecular weight excluding hydrogens is 164 g/mol. The maximum absolute atomic E-state index is 10.9. The number of rotatable bonds is 1. The molecule has 1 amide bonds. The van der Waals surface area contributed by atoms with Crippen molar-refractivity contribution in [2.45, 2.75) is 0 Å². The normalized spacial score (nSPS) is 8.09. The maximum Gasteiger partial charge on any atom is 0.252 e. The lowest BCUT2D eigenvalue weighted by Gasteiger charge is -1.95. The summed E-state index contributed by atoms with van der Waals surface area (Å²) >= 11 is 0. The van der Waals surface area contributed by atoms with Gasteiger partial charge in [0.2, 0.25) is 0 Å². The van der Waals surface area contributed by atoms with E-state index >= 15 is 0 Å². The molecule has 0 radical (unpaired) electrons. The van der Waals surface area contributed by atoms with Crippen LogP contribution in [0, 0.1) is 0 Å². The highest BCUT2D eigenvalue weighted by molar-refractivity contribution is 5.93. The lowest BCUT2D eigenvalue weighted by atomic mass is 10.3. The van der Waals surface area contributed by atoms with E-state index in [4.69, 9.17) is 0 Å². The lowest BCUT2D eigenvalue weighted by Crippen LogP contribution is -3.00. The molecular formula is C7H8ClN2O-. The monoisotopic (exact) mass is 171 g/mol. The zero-order valence-electron chi connectivity index (χ0n) is 6.04. The van der Waals surface area contributed by atoms with E-state index in [-0.39, 0.29) is 18.3 Å². The highest BCUT2D eigenvalue weighted by Gasteiger charge is 1.98. The first-order valence-electron chi connectivity index (χ1n) is 2.96. The summed E-state index contributed by atoms with van der Waals surface area (Å²) in [6.07, 6.45) is 3.16. The van der Waals surface area contributed by atoms with Crippen molar-refractivity contribution in [3.8, 4) is 0 Å². The molecule has 0 bridgehead atoms. The molecule has 3 nitrogen and oxygen atoms in total. The first-order valence-corrected chi connectivity index (χ1v) is 2.96. The molecule has 60 valence electrons. The van der Waals surface area contributed by atoms with Crippen molar-refractivity contribution >= 4 is 5.91 Å². The van der Waals surface area contributed by atoms with Gasteiger partial charge in [0.15, 0.2) is 0 Å². The summed E-state index contributed by atoms with van der Waals surface area (Å²) in [5, 5.41) is 2.50. The Bertz CT molecular complexity index is 225. The number of nitrogens with one attached hydrogen (secondary N) is 1. The van der Waals surface area contributed by atoms with Crippen LogP contribution in [-0.2, 0) is 0 Å². The average Bonchev–Trinajstić information content (AvgIpc) is 2.05. The van der Waals surface area contributed by atoms with E-state index in [9.17, 15) is 4.79 Å². The van der Waals surface area contributed by atoms with Crippen LogP contribution in [0.5, 0.6) is 0 Å². The minimum atomic E-state index is -0.104. The van der Waals surface area contributed by atoms with Crippen molar-refractivity contribution in [2.24, 2.45) is 0 Å². The number of carbonyl (C=O) groups excluding carboxylic acids is 1. The Morgan fingerprint density at radius 1 is 1.64 bits per heavy atom. The standard InChI is InChI=1S/C7H8N2O.ClH/c1-8-7(10)6-3-2-4-9-5-6;/h2-5H,1H3,(H,8,10);1H/p-1. The molecule has 1 N–H and O–H groups in total. The van der Waals surface area contributed by atoms with Crippen LogP contribution in [0.1, 0.15) is 10.4 Å². The summed E-state index contributed by atoms with van der Waals surface area (Å²) in [7, 11) is 1.59. The molecule has 4 heteroatoms. The Morgan fingerprint density at radius 2 is 2.36 bits per heavy atom. The molecule has 1 heterocycles. The Labute approximate surface area is 71.2 Å². The van der Waals surface area contributed by atoms with Crippen molar-refractivity contribution in [3.63, 3.8) is 0 Å². The van der Waals surface area contributed by atoms with Gasteiger partial charge in [0.25, 0.3) is 5.91 Å². The Hall–Kier alpha value is -1.09. The number of pyridine rings is 1. The fraction of sp³-hybridized carbons (Fsp3) is 0.143. The van der Waals surface area contributed by atoms with E-state index in [0.29, 0.717) is 5.56 Å². The topological polar surface area (TPSA) is 42.0 Å². The Morgan fingerprint density at radius 3 is 2.82 bits per heavy atom. The number of hydrogen-bond acceptors (Lipinski definition) is 2. The van der Waals surface area contributed by atoms with Crippen molar-refractivity contribution in [1.29, 1.82) is 0 Å². The maximum atomic E-state index is 10.9. The predicted octanol–water partition coefficient (Wildman–Crippen LogP) is -2.55. The van der Waals surface area contributed by atoms with Gasteiger partial charge in [-0.05, 0) is 12.1 Å². The summed E-state index contributed by atoms with van der Waals surface area (Å²) in [5.41, 5.74) is 0.588. The van der Waals surface area contributed by atoms with Crippen LogP contribution in [0.15, 0.2) is 24.5 Å². The van der Waals surface area contributed by atoms with E-state index in [1.807, 2.05) is 0 Å². The highest BCUT2D eigenvalue weighted by atomic mass is 35.5. The second kappa shape index (κ2) is 4.68.